The number of aliphatic hydroxyl groups is 1. The summed E-state index contributed by atoms with van der Waals surface area (Å²) in [6.07, 6.45) is 3.44. The molecule has 0 radical (unpaired) electrons. The fourth-order valence-electron chi connectivity index (χ4n) is 4.47. The summed E-state index contributed by atoms with van der Waals surface area (Å²) < 4.78 is 21.5. The number of carbonyl (C=O) groups is 2. The van der Waals surface area contributed by atoms with Crippen LogP contribution in [-0.4, -0.2) is 81.2 Å². The van der Waals surface area contributed by atoms with Crippen LogP contribution in [0.5, 0.6) is 0 Å². The van der Waals surface area contributed by atoms with E-state index in [1.165, 1.54) is 31.1 Å². The van der Waals surface area contributed by atoms with Crippen molar-refractivity contribution >= 4 is 23.2 Å². The second kappa shape index (κ2) is 11.9. The minimum Gasteiger partial charge on any atom is -0.446 e. The zero-order chi connectivity index (χ0) is 29.0. The van der Waals surface area contributed by atoms with Crippen LogP contribution in [0.4, 0.5) is 14.9 Å². The molecule has 2 amide bonds. The average Bonchev–Trinajstić information content (AvgIpc) is 3.35. The van der Waals surface area contributed by atoms with Crippen LogP contribution in [0.15, 0.2) is 36.7 Å². The van der Waals surface area contributed by atoms with Gasteiger partial charge in [0.05, 0.1) is 52.1 Å². The topological polar surface area (TPSA) is 145 Å². The molecule has 0 unspecified atom stereocenters. The Labute approximate surface area is 231 Å². The van der Waals surface area contributed by atoms with Crippen molar-refractivity contribution in [3.63, 3.8) is 0 Å². The summed E-state index contributed by atoms with van der Waals surface area (Å²) in [7, 11) is 3.28. The molecule has 3 heterocycles. The van der Waals surface area contributed by atoms with Gasteiger partial charge in [-0.15, -0.1) is 0 Å². The number of nitriles is 1. The van der Waals surface area contributed by atoms with Crippen molar-refractivity contribution in [2.45, 2.75) is 63.4 Å². The Bertz CT molecular complexity index is 1420. The minimum atomic E-state index is -1.66. The molecule has 1 aliphatic carbocycles. The zero-order valence-electron chi connectivity index (χ0n) is 23.0. The summed E-state index contributed by atoms with van der Waals surface area (Å²) in [6.45, 7) is 2.32. The van der Waals surface area contributed by atoms with Crippen molar-refractivity contribution < 1.29 is 23.8 Å². The number of aromatic nitrogens is 3. The highest BCUT2D eigenvalue weighted by atomic mass is 19.1. The molecule has 1 aliphatic rings. The van der Waals surface area contributed by atoms with E-state index in [9.17, 15) is 24.3 Å². The van der Waals surface area contributed by atoms with E-state index in [1.807, 2.05) is 12.1 Å². The smallest absolute Gasteiger partial charge is 0.409 e. The summed E-state index contributed by atoms with van der Waals surface area (Å²) in [5.41, 5.74) is 1.51. The number of ether oxygens (including phenoxy) is 1. The summed E-state index contributed by atoms with van der Waals surface area (Å²) in [4.78, 5) is 30.9. The van der Waals surface area contributed by atoms with E-state index in [2.05, 4.69) is 26.8 Å². The van der Waals surface area contributed by atoms with Gasteiger partial charge in [0, 0.05) is 26.3 Å². The van der Waals surface area contributed by atoms with E-state index in [4.69, 9.17) is 4.74 Å². The van der Waals surface area contributed by atoms with Gasteiger partial charge in [-0.05, 0) is 63.8 Å². The van der Waals surface area contributed by atoms with Crippen molar-refractivity contribution in [3.05, 3.63) is 47.8 Å². The predicted octanol–water partition coefficient (Wildman–Crippen LogP) is 3.53. The number of anilines is 1. The van der Waals surface area contributed by atoms with Crippen molar-refractivity contribution in [1.82, 2.24) is 24.8 Å². The van der Waals surface area contributed by atoms with E-state index >= 15 is 0 Å². The molecule has 12 heteroatoms. The average molecular weight is 552 g/mol. The van der Waals surface area contributed by atoms with E-state index in [0.29, 0.717) is 48.3 Å². The fourth-order valence-corrected chi connectivity index (χ4v) is 4.47. The van der Waals surface area contributed by atoms with E-state index in [-0.39, 0.29) is 30.3 Å². The van der Waals surface area contributed by atoms with Gasteiger partial charge in [0.15, 0.2) is 0 Å². The third-order valence-corrected chi connectivity index (χ3v) is 6.92. The second-order valence-corrected chi connectivity index (χ2v) is 10.8. The number of nitrogens with zero attached hydrogens (tertiary/aromatic N) is 5. The molecule has 40 heavy (non-hydrogen) atoms. The van der Waals surface area contributed by atoms with Crippen LogP contribution < -0.4 is 10.6 Å². The molecule has 0 bridgehead atoms. The minimum absolute atomic E-state index is 0.00165. The van der Waals surface area contributed by atoms with Crippen LogP contribution in [0.3, 0.4) is 0 Å². The van der Waals surface area contributed by atoms with Crippen LogP contribution in [0.25, 0.3) is 16.9 Å². The summed E-state index contributed by atoms with van der Waals surface area (Å²) in [5, 5.41) is 29.4. The van der Waals surface area contributed by atoms with Crippen molar-refractivity contribution in [2.24, 2.45) is 0 Å². The van der Waals surface area contributed by atoms with Crippen LogP contribution in [0.1, 0.15) is 55.5 Å². The van der Waals surface area contributed by atoms with Crippen molar-refractivity contribution in [3.8, 4) is 17.5 Å². The highest BCUT2D eigenvalue weighted by molar-refractivity contribution is 6.00. The first kappa shape index (κ1) is 28.8. The highest BCUT2D eigenvalue weighted by Gasteiger charge is 2.29. The number of rotatable bonds is 8. The number of nitrogens with one attached hydrogen (secondary N) is 2. The Hall–Kier alpha value is -4.24. The molecule has 4 rings (SSSR count). The molecule has 0 saturated heterocycles. The van der Waals surface area contributed by atoms with Gasteiger partial charge in [-0.2, -0.15) is 10.4 Å². The Morgan fingerprint density at radius 3 is 2.62 bits per heavy atom. The van der Waals surface area contributed by atoms with Gasteiger partial charge in [-0.1, -0.05) is 0 Å². The molecule has 0 spiro atoms. The second-order valence-electron chi connectivity index (χ2n) is 10.8. The van der Waals surface area contributed by atoms with Gasteiger partial charge in [0.1, 0.15) is 18.3 Å². The van der Waals surface area contributed by atoms with Crippen LogP contribution in [-0.2, 0) is 4.74 Å². The molecule has 3 aromatic rings. The Morgan fingerprint density at radius 1 is 1.25 bits per heavy atom. The van der Waals surface area contributed by atoms with Crippen LogP contribution in [0.2, 0.25) is 0 Å². The lowest BCUT2D eigenvalue weighted by molar-refractivity contribution is -0.00178. The number of hydrogen-bond donors (Lipinski definition) is 3. The lowest BCUT2D eigenvalue weighted by Gasteiger charge is -2.30. The maximum Gasteiger partial charge on any atom is 0.409 e. The molecular weight excluding hydrogens is 517 g/mol. The molecular formula is C28H34FN7O4. The largest absolute Gasteiger partial charge is 0.446 e. The number of fused-ring (bicyclic) bond motifs is 1. The van der Waals surface area contributed by atoms with Crippen LogP contribution >= 0.6 is 0 Å². The number of pyridine rings is 1. The Morgan fingerprint density at radius 2 is 1.98 bits per heavy atom. The third-order valence-electron chi connectivity index (χ3n) is 6.92. The number of carbonyl (C=O) groups excluding carboxylic acids is 2. The normalized spacial score (nSPS) is 18.0. The summed E-state index contributed by atoms with van der Waals surface area (Å²) in [6, 6.07) is 9.20. The first-order valence-corrected chi connectivity index (χ1v) is 13.1. The van der Waals surface area contributed by atoms with Gasteiger partial charge in [-0.3, -0.25) is 9.78 Å². The van der Waals surface area contributed by atoms with Crippen LogP contribution in [0, 0.1) is 11.3 Å². The maximum absolute atomic E-state index is 14.3. The fraction of sp³-hybridized carbons (Fsp3) is 0.464. The highest BCUT2D eigenvalue weighted by Crippen LogP contribution is 2.29. The third kappa shape index (κ3) is 6.66. The molecule has 0 aromatic carbocycles. The lowest BCUT2D eigenvalue weighted by Crippen LogP contribution is -2.42. The quantitative estimate of drug-likeness (QED) is 0.386. The number of alkyl halides is 1. The van der Waals surface area contributed by atoms with Crippen molar-refractivity contribution in [1.29, 1.82) is 5.26 Å². The van der Waals surface area contributed by atoms with Crippen molar-refractivity contribution in [2.75, 3.05) is 26.0 Å². The maximum atomic E-state index is 14.3. The Balaban J connectivity index is 1.58. The van der Waals surface area contributed by atoms with Gasteiger partial charge in [0.25, 0.3) is 5.91 Å². The molecule has 1 atom stereocenters. The standard InChI is InChI=1S/C28H34FN7O4/c1-28(2,39)25(29)16-32-26(37)21-15-31-23(24-10-7-19-11-17(13-30)14-33-36(19)24)12-22(21)34-18-5-8-20(9-6-18)40-27(38)35(3)4/h7,10-12,14-15,18,20,25,39H,5-6,8-9,16H2,1-4H3,(H,31,34)(H,32,37)/t18?,20?,25-/m1/s1. The molecule has 1 saturated carbocycles. The molecule has 3 N–H and O–H groups in total. The van der Waals surface area contributed by atoms with Gasteiger partial charge in [0.2, 0.25) is 0 Å². The Kier molecular flexibility index (Phi) is 8.54. The van der Waals surface area contributed by atoms with Gasteiger partial charge in [-0.25, -0.2) is 13.7 Å². The predicted molar refractivity (Wildman–Crippen MR) is 146 cm³/mol. The first-order valence-electron chi connectivity index (χ1n) is 13.1. The molecule has 3 aromatic heterocycles. The number of amides is 2. The SMILES string of the molecule is CN(C)C(=O)OC1CCC(Nc2cc(-c3ccc4cc(C#N)cnn34)ncc2C(=O)NC[C@@H](F)C(C)(C)O)CC1. The van der Waals surface area contributed by atoms with E-state index in [1.54, 1.807) is 30.7 Å². The molecule has 212 valence electrons. The van der Waals surface area contributed by atoms with E-state index in [0.717, 1.165) is 5.52 Å². The molecule has 1 fully saturated rings. The zero-order valence-corrected chi connectivity index (χ0v) is 23.0. The lowest BCUT2D eigenvalue weighted by atomic mass is 9.92. The number of halogens is 1. The van der Waals surface area contributed by atoms with E-state index < -0.39 is 17.7 Å². The monoisotopic (exact) mass is 551 g/mol. The summed E-state index contributed by atoms with van der Waals surface area (Å²) in [5.74, 6) is -0.529. The van der Waals surface area contributed by atoms with Gasteiger partial charge < -0.3 is 25.4 Å². The van der Waals surface area contributed by atoms with Gasteiger partial charge >= 0.3 is 6.09 Å². The summed E-state index contributed by atoms with van der Waals surface area (Å²) >= 11 is 0. The molecule has 0 aliphatic heterocycles. The first-order chi connectivity index (χ1) is 19.0. The molecule has 11 nitrogen and oxygen atoms in total. The number of hydrogen-bond acceptors (Lipinski definition) is 8.